The van der Waals surface area contributed by atoms with Crippen molar-refractivity contribution in [1.29, 1.82) is 0 Å². The zero-order valence-corrected chi connectivity index (χ0v) is 10.0. The van der Waals surface area contributed by atoms with Gasteiger partial charge in [-0.1, -0.05) is 35.9 Å². The monoisotopic (exact) mass is 232 g/mol. The van der Waals surface area contributed by atoms with E-state index in [-0.39, 0.29) is 0 Å². The molecule has 0 radical (unpaired) electrons. The average molecular weight is 233 g/mol. The Hall–Kier alpha value is -1.54. The number of aromatic nitrogens is 1. The molecular weight excluding hydrogens is 220 g/mol. The smallest absolute Gasteiger partial charge is 0.130 e. The summed E-state index contributed by atoms with van der Waals surface area (Å²) in [5.74, 6) is 0. The highest BCUT2D eigenvalue weighted by atomic mass is 35.5. The molecule has 0 unspecified atom stereocenters. The molecule has 0 bridgehead atoms. The number of hydrogen-bond acceptors (Lipinski definition) is 2. The van der Waals surface area contributed by atoms with E-state index in [1.807, 2.05) is 31.2 Å². The van der Waals surface area contributed by atoms with E-state index >= 15 is 0 Å². The molecule has 0 fully saturated rings. The van der Waals surface area contributed by atoms with Crippen LogP contribution < -0.4 is 5.73 Å². The van der Waals surface area contributed by atoms with Crippen LogP contribution in [0.3, 0.4) is 0 Å². The molecule has 2 N–H and O–H groups in total. The summed E-state index contributed by atoms with van der Waals surface area (Å²) in [4.78, 5) is 4.13. The fourth-order valence-corrected chi connectivity index (χ4v) is 1.98. The van der Waals surface area contributed by atoms with Crippen molar-refractivity contribution in [3.63, 3.8) is 0 Å². The largest absolute Gasteiger partial charge is 0.397 e. The highest BCUT2D eigenvalue weighted by Gasteiger charge is 2.09. The van der Waals surface area contributed by atoms with E-state index in [9.17, 15) is 0 Å². The van der Waals surface area contributed by atoms with Crippen LogP contribution in [0.25, 0.3) is 11.1 Å². The molecule has 0 aliphatic heterocycles. The first-order valence-corrected chi connectivity index (χ1v) is 5.46. The average Bonchev–Trinajstić information content (AvgIpc) is 2.24. The lowest BCUT2D eigenvalue weighted by Crippen LogP contribution is -1.97. The maximum Gasteiger partial charge on any atom is 0.130 e. The lowest BCUT2D eigenvalue weighted by atomic mass is 9.99. The van der Waals surface area contributed by atoms with Gasteiger partial charge in [0.25, 0.3) is 0 Å². The van der Waals surface area contributed by atoms with E-state index in [2.05, 4.69) is 18.0 Å². The highest BCUT2D eigenvalue weighted by molar-refractivity contribution is 6.29. The molecule has 1 aromatic carbocycles. The first-order valence-electron chi connectivity index (χ1n) is 5.08. The summed E-state index contributed by atoms with van der Waals surface area (Å²) in [6, 6.07) is 9.90. The van der Waals surface area contributed by atoms with Crippen LogP contribution in [-0.4, -0.2) is 4.98 Å². The van der Waals surface area contributed by atoms with Gasteiger partial charge in [-0.25, -0.2) is 4.98 Å². The summed E-state index contributed by atoms with van der Waals surface area (Å²) >= 11 is 5.96. The van der Waals surface area contributed by atoms with Gasteiger partial charge in [0.05, 0.1) is 11.4 Å². The van der Waals surface area contributed by atoms with Crippen molar-refractivity contribution in [2.45, 2.75) is 13.8 Å². The van der Waals surface area contributed by atoms with Crippen LogP contribution in [0.15, 0.2) is 30.3 Å². The van der Waals surface area contributed by atoms with Crippen LogP contribution in [0.2, 0.25) is 5.15 Å². The summed E-state index contributed by atoms with van der Waals surface area (Å²) in [6.07, 6.45) is 0. The third-order valence-corrected chi connectivity index (χ3v) is 2.85. The van der Waals surface area contributed by atoms with Crippen molar-refractivity contribution in [3.8, 4) is 11.1 Å². The van der Waals surface area contributed by atoms with Crippen LogP contribution in [0, 0.1) is 13.8 Å². The quantitative estimate of drug-likeness (QED) is 0.763. The van der Waals surface area contributed by atoms with Gasteiger partial charge in [-0.15, -0.1) is 0 Å². The molecule has 0 atom stereocenters. The second kappa shape index (κ2) is 4.14. The van der Waals surface area contributed by atoms with E-state index in [4.69, 9.17) is 17.3 Å². The van der Waals surface area contributed by atoms with Crippen LogP contribution in [0.5, 0.6) is 0 Å². The molecule has 2 aromatic rings. The Bertz CT molecular complexity index is 535. The van der Waals surface area contributed by atoms with E-state index in [0.717, 1.165) is 16.8 Å². The van der Waals surface area contributed by atoms with Crippen LogP contribution in [0.4, 0.5) is 5.69 Å². The molecule has 0 spiro atoms. The van der Waals surface area contributed by atoms with E-state index in [0.29, 0.717) is 10.8 Å². The number of nitrogen functional groups attached to an aromatic ring is 1. The summed E-state index contributed by atoms with van der Waals surface area (Å²) in [7, 11) is 0. The van der Waals surface area contributed by atoms with Crippen molar-refractivity contribution in [1.82, 2.24) is 4.98 Å². The number of nitrogens with zero attached hydrogens (tertiary/aromatic N) is 1. The summed E-state index contributed by atoms with van der Waals surface area (Å²) < 4.78 is 0. The highest BCUT2D eigenvalue weighted by Crippen LogP contribution is 2.31. The number of anilines is 1. The molecule has 0 aliphatic carbocycles. The Kier molecular flexibility index (Phi) is 2.84. The molecule has 3 heteroatoms. The normalized spacial score (nSPS) is 10.4. The van der Waals surface area contributed by atoms with Gasteiger partial charge < -0.3 is 5.73 Å². The van der Waals surface area contributed by atoms with Crippen LogP contribution in [-0.2, 0) is 0 Å². The van der Waals surface area contributed by atoms with Gasteiger partial charge in [0.1, 0.15) is 5.15 Å². The Morgan fingerprint density at radius 3 is 2.50 bits per heavy atom. The van der Waals surface area contributed by atoms with E-state index in [1.165, 1.54) is 5.56 Å². The molecular formula is C13H13ClN2. The number of rotatable bonds is 1. The zero-order chi connectivity index (χ0) is 11.7. The first-order chi connectivity index (χ1) is 7.59. The molecule has 2 nitrogen and oxygen atoms in total. The molecule has 1 heterocycles. The fourth-order valence-electron chi connectivity index (χ4n) is 1.74. The standard InChI is InChI=1S/C13H13ClN2/c1-8-5-3-4-6-10(8)11-7-12(14)16-9(2)13(11)15/h3-7H,15H2,1-2H3. The first kappa shape index (κ1) is 11.0. The topological polar surface area (TPSA) is 38.9 Å². The van der Waals surface area contributed by atoms with Crippen molar-refractivity contribution in [2.75, 3.05) is 5.73 Å². The minimum absolute atomic E-state index is 0.477. The van der Waals surface area contributed by atoms with E-state index < -0.39 is 0 Å². The van der Waals surface area contributed by atoms with E-state index in [1.54, 1.807) is 0 Å². The number of hydrogen-bond donors (Lipinski definition) is 1. The lowest BCUT2D eigenvalue weighted by molar-refractivity contribution is 1.21. The molecule has 16 heavy (non-hydrogen) atoms. The Balaban J connectivity index is 2.69. The molecule has 0 saturated heterocycles. The van der Waals surface area contributed by atoms with Crippen molar-refractivity contribution < 1.29 is 0 Å². The predicted molar refractivity (Wildman–Crippen MR) is 68.6 cm³/mol. The number of halogens is 1. The van der Waals surface area contributed by atoms with Gasteiger partial charge in [0, 0.05) is 5.56 Å². The fraction of sp³-hybridized carbons (Fsp3) is 0.154. The minimum Gasteiger partial charge on any atom is -0.397 e. The number of benzene rings is 1. The van der Waals surface area contributed by atoms with Gasteiger partial charge in [0.15, 0.2) is 0 Å². The number of pyridine rings is 1. The Labute approximate surface area is 100 Å². The molecule has 82 valence electrons. The van der Waals surface area contributed by atoms with Gasteiger partial charge in [-0.05, 0) is 31.0 Å². The number of nitrogens with two attached hydrogens (primary N) is 1. The van der Waals surface area contributed by atoms with Crippen molar-refractivity contribution in [2.24, 2.45) is 0 Å². The third kappa shape index (κ3) is 1.89. The second-order valence-corrected chi connectivity index (χ2v) is 4.19. The zero-order valence-electron chi connectivity index (χ0n) is 9.29. The van der Waals surface area contributed by atoms with Crippen molar-refractivity contribution >= 4 is 17.3 Å². The molecule has 0 amide bonds. The van der Waals surface area contributed by atoms with Gasteiger partial charge in [-0.2, -0.15) is 0 Å². The predicted octanol–water partition coefficient (Wildman–Crippen LogP) is 3.60. The molecule has 2 rings (SSSR count). The summed E-state index contributed by atoms with van der Waals surface area (Å²) in [5.41, 5.74) is 10.7. The maximum absolute atomic E-state index is 6.03. The number of aryl methyl sites for hydroxylation is 2. The minimum atomic E-state index is 0.477. The molecule has 1 aromatic heterocycles. The van der Waals surface area contributed by atoms with Gasteiger partial charge in [0.2, 0.25) is 0 Å². The van der Waals surface area contributed by atoms with Crippen LogP contribution in [0.1, 0.15) is 11.3 Å². The van der Waals surface area contributed by atoms with Crippen LogP contribution >= 0.6 is 11.6 Å². The molecule has 0 aliphatic rings. The third-order valence-electron chi connectivity index (χ3n) is 2.65. The SMILES string of the molecule is Cc1ccccc1-c1cc(Cl)nc(C)c1N. The Morgan fingerprint density at radius 2 is 1.81 bits per heavy atom. The molecule has 0 saturated carbocycles. The Morgan fingerprint density at radius 1 is 1.12 bits per heavy atom. The maximum atomic E-state index is 6.03. The van der Waals surface area contributed by atoms with Crippen molar-refractivity contribution in [3.05, 3.63) is 46.7 Å². The summed E-state index contributed by atoms with van der Waals surface area (Å²) in [5, 5.41) is 0.477. The van der Waals surface area contributed by atoms with Gasteiger partial charge in [-0.3, -0.25) is 0 Å². The van der Waals surface area contributed by atoms with Gasteiger partial charge >= 0.3 is 0 Å². The summed E-state index contributed by atoms with van der Waals surface area (Å²) in [6.45, 7) is 3.92. The lowest BCUT2D eigenvalue weighted by Gasteiger charge is -2.11. The second-order valence-electron chi connectivity index (χ2n) is 3.81.